The fourth-order valence-electron chi connectivity index (χ4n) is 3.64. The Balaban J connectivity index is 1.55. The van der Waals surface area contributed by atoms with Crippen LogP contribution in [0.25, 0.3) is 0 Å². The van der Waals surface area contributed by atoms with Crippen LogP contribution >= 0.6 is 11.6 Å². The molecule has 0 aliphatic carbocycles. The maximum atomic E-state index is 12.8. The molecule has 0 spiro atoms. The summed E-state index contributed by atoms with van der Waals surface area (Å²) in [6, 6.07) is 16.3. The Bertz CT molecular complexity index is 794. The molecule has 3 rings (SSSR count). The minimum atomic E-state index is 0.183. The molecule has 1 saturated heterocycles. The van der Waals surface area contributed by atoms with Gasteiger partial charge in [-0.15, -0.1) is 0 Å². The average Bonchev–Trinajstić information content (AvgIpc) is 2.66. The van der Waals surface area contributed by atoms with E-state index in [1.807, 2.05) is 53.4 Å². The van der Waals surface area contributed by atoms with Gasteiger partial charge in [-0.1, -0.05) is 49.7 Å². The Kier molecular flexibility index (Phi) is 7.35. The Morgan fingerprint density at radius 1 is 1.21 bits per heavy atom. The zero-order valence-electron chi connectivity index (χ0n) is 16.7. The second-order valence-electron chi connectivity index (χ2n) is 7.74. The van der Waals surface area contributed by atoms with E-state index in [9.17, 15) is 4.79 Å². The zero-order valence-corrected chi connectivity index (χ0v) is 17.4. The molecule has 0 radical (unpaired) electrons. The smallest absolute Gasteiger partial charge is 0.227 e. The largest absolute Gasteiger partial charge is 0.489 e. The van der Waals surface area contributed by atoms with E-state index in [-0.39, 0.29) is 5.91 Å². The third-order valence-corrected chi connectivity index (χ3v) is 5.13. The standard InChI is InChI=1S/C23H29ClN2O2/c1-17(2)25-21-9-5-11-26(15-21)23(27)14-18-6-4-10-22(13-18)28-16-19-7-3-8-20(24)12-19/h3-4,6-8,10,12-13,17,21,25H,5,9,11,14-16H2,1-2H3. The molecular weight excluding hydrogens is 372 g/mol. The monoisotopic (exact) mass is 400 g/mol. The summed E-state index contributed by atoms with van der Waals surface area (Å²) < 4.78 is 5.88. The summed E-state index contributed by atoms with van der Waals surface area (Å²) in [4.78, 5) is 14.8. The molecule has 28 heavy (non-hydrogen) atoms. The molecule has 4 nitrogen and oxygen atoms in total. The van der Waals surface area contributed by atoms with Crippen LogP contribution in [0, 0.1) is 0 Å². The van der Waals surface area contributed by atoms with E-state index in [0.29, 0.717) is 30.1 Å². The van der Waals surface area contributed by atoms with Gasteiger partial charge >= 0.3 is 0 Å². The number of carbonyl (C=O) groups is 1. The lowest BCUT2D eigenvalue weighted by atomic mass is 10.0. The summed E-state index contributed by atoms with van der Waals surface area (Å²) in [6.45, 7) is 6.39. The number of nitrogens with zero attached hydrogens (tertiary/aromatic N) is 1. The Morgan fingerprint density at radius 2 is 2.00 bits per heavy atom. The Labute approximate surface area is 172 Å². The van der Waals surface area contributed by atoms with E-state index in [4.69, 9.17) is 16.3 Å². The van der Waals surface area contributed by atoms with E-state index < -0.39 is 0 Å². The van der Waals surface area contributed by atoms with Gasteiger partial charge in [-0.25, -0.2) is 0 Å². The number of rotatable bonds is 7. The van der Waals surface area contributed by atoms with Crippen molar-refractivity contribution < 1.29 is 9.53 Å². The molecule has 2 aromatic carbocycles. The summed E-state index contributed by atoms with van der Waals surface area (Å²) in [5, 5.41) is 4.25. The van der Waals surface area contributed by atoms with E-state index in [1.54, 1.807) is 0 Å². The van der Waals surface area contributed by atoms with E-state index in [2.05, 4.69) is 19.2 Å². The van der Waals surface area contributed by atoms with Crippen LogP contribution in [0.15, 0.2) is 48.5 Å². The van der Waals surface area contributed by atoms with Crippen molar-refractivity contribution in [1.29, 1.82) is 0 Å². The normalized spacial score (nSPS) is 17.0. The fraction of sp³-hybridized carbons (Fsp3) is 0.435. The number of nitrogens with one attached hydrogen (secondary N) is 1. The van der Waals surface area contributed by atoms with Gasteiger partial charge in [-0.2, -0.15) is 0 Å². The first-order chi connectivity index (χ1) is 13.5. The molecule has 1 amide bonds. The van der Waals surface area contributed by atoms with Gasteiger partial charge in [0.1, 0.15) is 12.4 Å². The lowest BCUT2D eigenvalue weighted by molar-refractivity contribution is -0.131. The quantitative estimate of drug-likeness (QED) is 0.746. The highest BCUT2D eigenvalue weighted by molar-refractivity contribution is 6.30. The van der Waals surface area contributed by atoms with Gasteiger partial charge in [-0.3, -0.25) is 4.79 Å². The van der Waals surface area contributed by atoms with Crippen molar-refractivity contribution in [3.8, 4) is 5.75 Å². The molecule has 1 atom stereocenters. The number of amides is 1. The SMILES string of the molecule is CC(C)NC1CCCN(C(=O)Cc2cccc(OCc3cccc(Cl)c3)c2)C1. The zero-order chi connectivity index (χ0) is 19.9. The fourth-order valence-corrected chi connectivity index (χ4v) is 3.85. The second-order valence-corrected chi connectivity index (χ2v) is 8.18. The first-order valence-corrected chi connectivity index (χ1v) is 10.4. The Hall–Kier alpha value is -2.04. The van der Waals surface area contributed by atoms with Crippen LogP contribution in [-0.2, 0) is 17.8 Å². The molecule has 150 valence electrons. The highest BCUT2D eigenvalue weighted by Gasteiger charge is 2.23. The van der Waals surface area contributed by atoms with Crippen molar-refractivity contribution in [1.82, 2.24) is 10.2 Å². The lowest BCUT2D eigenvalue weighted by Gasteiger charge is -2.34. The predicted octanol–water partition coefficient (Wildman–Crippen LogP) is 4.45. The number of piperidine rings is 1. The number of halogens is 1. The molecule has 1 heterocycles. The third-order valence-electron chi connectivity index (χ3n) is 4.89. The molecular formula is C23H29ClN2O2. The first-order valence-electron chi connectivity index (χ1n) is 9.99. The summed E-state index contributed by atoms with van der Waals surface area (Å²) in [5.74, 6) is 0.950. The maximum absolute atomic E-state index is 12.8. The van der Waals surface area contributed by atoms with Crippen LogP contribution in [0.4, 0.5) is 0 Å². The van der Waals surface area contributed by atoms with Crippen LogP contribution in [0.3, 0.4) is 0 Å². The van der Waals surface area contributed by atoms with E-state index in [1.165, 1.54) is 0 Å². The van der Waals surface area contributed by atoms with Crippen LogP contribution in [0.5, 0.6) is 5.75 Å². The topological polar surface area (TPSA) is 41.6 Å². The molecule has 1 aliphatic heterocycles. The van der Waals surface area contributed by atoms with Crippen LogP contribution in [0.1, 0.15) is 37.8 Å². The van der Waals surface area contributed by atoms with E-state index >= 15 is 0 Å². The third kappa shape index (κ3) is 6.25. The molecule has 2 aromatic rings. The Morgan fingerprint density at radius 3 is 2.79 bits per heavy atom. The lowest BCUT2D eigenvalue weighted by Crippen LogP contribution is -2.50. The number of carbonyl (C=O) groups excluding carboxylic acids is 1. The van der Waals surface area contributed by atoms with Crippen molar-refractivity contribution in [2.24, 2.45) is 0 Å². The summed E-state index contributed by atoms with van der Waals surface area (Å²) in [7, 11) is 0. The summed E-state index contributed by atoms with van der Waals surface area (Å²) in [6.07, 6.45) is 2.59. The van der Waals surface area contributed by atoms with Crippen molar-refractivity contribution in [2.75, 3.05) is 13.1 Å². The van der Waals surface area contributed by atoms with Gasteiger partial charge in [-0.05, 0) is 48.2 Å². The van der Waals surface area contributed by atoms with Gasteiger partial charge in [0, 0.05) is 30.2 Å². The van der Waals surface area contributed by atoms with Gasteiger partial charge in [0.25, 0.3) is 0 Å². The average molecular weight is 401 g/mol. The van der Waals surface area contributed by atoms with Crippen LogP contribution in [0.2, 0.25) is 5.02 Å². The van der Waals surface area contributed by atoms with Gasteiger partial charge in [0.15, 0.2) is 0 Å². The highest BCUT2D eigenvalue weighted by atomic mass is 35.5. The number of hydrogen-bond acceptors (Lipinski definition) is 3. The molecule has 1 aliphatic rings. The van der Waals surface area contributed by atoms with Crippen molar-refractivity contribution in [3.63, 3.8) is 0 Å². The number of hydrogen-bond donors (Lipinski definition) is 1. The first kappa shape index (κ1) is 20.7. The van der Waals surface area contributed by atoms with Crippen molar-refractivity contribution >= 4 is 17.5 Å². The second kappa shape index (κ2) is 9.94. The molecule has 1 unspecified atom stereocenters. The molecule has 0 saturated carbocycles. The minimum absolute atomic E-state index is 0.183. The van der Waals surface area contributed by atoms with E-state index in [0.717, 1.165) is 42.8 Å². The predicted molar refractivity (Wildman–Crippen MR) is 114 cm³/mol. The number of ether oxygens (including phenoxy) is 1. The van der Waals surface area contributed by atoms with Gasteiger partial charge in [0.05, 0.1) is 6.42 Å². The number of benzene rings is 2. The molecule has 1 N–H and O–H groups in total. The van der Waals surface area contributed by atoms with Crippen molar-refractivity contribution in [3.05, 3.63) is 64.7 Å². The van der Waals surface area contributed by atoms with Gasteiger partial charge < -0.3 is 15.0 Å². The minimum Gasteiger partial charge on any atom is -0.489 e. The summed E-state index contributed by atoms with van der Waals surface area (Å²) in [5.41, 5.74) is 2.00. The van der Waals surface area contributed by atoms with Gasteiger partial charge in [0.2, 0.25) is 5.91 Å². The van der Waals surface area contributed by atoms with Crippen LogP contribution < -0.4 is 10.1 Å². The molecule has 5 heteroatoms. The maximum Gasteiger partial charge on any atom is 0.227 e. The molecule has 1 fully saturated rings. The summed E-state index contributed by atoms with van der Waals surface area (Å²) >= 11 is 6.02. The van der Waals surface area contributed by atoms with Crippen molar-refractivity contribution in [2.45, 2.75) is 51.8 Å². The van der Waals surface area contributed by atoms with Crippen LogP contribution in [-0.4, -0.2) is 36.0 Å². The number of likely N-dealkylation sites (tertiary alicyclic amines) is 1. The highest BCUT2D eigenvalue weighted by Crippen LogP contribution is 2.19. The molecule has 0 aromatic heterocycles. The molecule has 0 bridgehead atoms.